The SMILES string of the molecule is N#Cc1ccc(Oc2c(Cl)cc(N(C(N)=O)C(=O)c3ccccc3Cl)cc2Cl)cc1. The molecule has 0 saturated heterocycles. The second kappa shape index (κ2) is 9.06. The number of halogens is 3. The van der Waals surface area contributed by atoms with Crippen molar-refractivity contribution in [3.63, 3.8) is 0 Å². The molecule has 0 bridgehead atoms. The van der Waals surface area contributed by atoms with Crippen LogP contribution in [0.4, 0.5) is 10.5 Å². The number of amides is 3. The zero-order valence-corrected chi connectivity index (χ0v) is 17.4. The summed E-state index contributed by atoms with van der Waals surface area (Å²) in [4.78, 5) is 25.6. The highest BCUT2D eigenvalue weighted by molar-refractivity contribution is 6.39. The van der Waals surface area contributed by atoms with E-state index in [0.717, 1.165) is 0 Å². The Kier molecular flexibility index (Phi) is 6.48. The smallest absolute Gasteiger partial charge is 0.326 e. The van der Waals surface area contributed by atoms with Gasteiger partial charge in [-0.3, -0.25) is 4.79 Å². The van der Waals surface area contributed by atoms with E-state index in [0.29, 0.717) is 16.2 Å². The fourth-order valence-electron chi connectivity index (χ4n) is 2.59. The molecule has 30 heavy (non-hydrogen) atoms. The van der Waals surface area contributed by atoms with Crippen LogP contribution in [0, 0.1) is 11.3 Å². The van der Waals surface area contributed by atoms with Crippen LogP contribution >= 0.6 is 34.8 Å². The summed E-state index contributed by atoms with van der Waals surface area (Å²) in [6.07, 6.45) is 0. The minimum atomic E-state index is -1.03. The number of nitrogens with zero attached hydrogens (tertiary/aromatic N) is 2. The summed E-state index contributed by atoms with van der Waals surface area (Å²) in [5.41, 5.74) is 6.03. The maximum atomic E-state index is 12.9. The van der Waals surface area contributed by atoms with Crippen molar-refractivity contribution in [3.05, 3.63) is 86.9 Å². The van der Waals surface area contributed by atoms with Crippen molar-refractivity contribution < 1.29 is 14.3 Å². The van der Waals surface area contributed by atoms with Gasteiger partial charge in [0.05, 0.1) is 38.0 Å². The first-order valence-corrected chi connectivity index (χ1v) is 9.50. The van der Waals surface area contributed by atoms with Gasteiger partial charge in [-0.25, -0.2) is 9.69 Å². The Morgan fingerprint density at radius 1 is 0.933 bits per heavy atom. The molecule has 0 aliphatic carbocycles. The number of urea groups is 1. The fourth-order valence-corrected chi connectivity index (χ4v) is 3.36. The number of hydrogen-bond acceptors (Lipinski definition) is 4. The van der Waals surface area contributed by atoms with Crippen LogP contribution in [0.3, 0.4) is 0 Å². The Hall–Kier alpha value is -3.24. The average molecular weight is 461 g/mol. The van der Waals surface area contributed by atoms with Crippen molar-refractivity contribution in [1.82, 2.24) is 0 Å². The number of benzene rings is 3. The largest absolute Gasteiger partial charge is 0.454 e. The molecule has 0 fully saturated rings. The van der Waals surface area contributed by atoms with E-state index in [2.05, 4.69) is 0 Å². The van der Waals surface area contributed by atoms with Crippen molar-refractivity contribution >= 4 is 52.4 Å². The van der Waals surface area contributed by atoms with E-state index in [4.69, 9.17) is 50.5 Å². The number of anilines is 1. The molecular formula is C21H12Cl3N3O3. The zero-order chi connectivity index (χ0) is 21.8. The molecule has 3 amide bonds. The fraction of sp³-hybridized carbons (Fsp3) is 0. The van der Waals surface area contributed by atoms with Crippen molar-refractivity contribution in [2.45, 2.75) is 0 Å². The summed E-state index contributed by atoms with van der Waals surface area (Å²) in [5.74, 6) is -0.230. The lowest BCUT2D eigenvalue weighted by molar-refractivity contribution is 0.0995. The first-order valence-electron chi connectivity index (χ1n) is 8.37. The van der Waals surface area contributed by atoms with Gasteiger partial charge < -0.3 is 10.5 Å². The highest BCUT2D eigenvalue weighted by Crippen LogP contribution is 2.40. The Bertz CT molecular complexity index is 1150. The summed E-state index contributed by atoms with van der Waals surface area (Å²) in [6.45, 7) is 0. The normalized spacial score (nSPS) is 10.2. The van der Waals surface area contributed by atoms with Gasteiger partial charge in [-0.15, -0.1) is 0 Å². The number of nitriles is 1. The topological polar surface area (TPSA) is 96.4 Å². The third kappa shape index (κ3) is 4.50. The monoisotopic (exact) mass is 459 g/mol. The molecule has 0 atom stereocenters. The molecule has 9 heteroatoms. The van der Waals surface area contributed by atoms with Gasteiger partial charge in [0.1, 0.15) is 5.75 Å². The number of hydrogen-bond donors (Lipinski definition) is 1. The molecule has 3 aromatic rings. The van der Waals surface area contributed by atoms with Gasteiger partial charge in [-0.2, -0.15) is 5.26 Å². The van der Waals surface area contributed by atoms with Crippen molar-refractivity contribution in [2.24, 2.45) is 5.73 Å². The first-order chi connectivity index (χ1) is 14.3. The van der Waals surface area contributed by atoms with Crippen molar-refractivity contribution in [1.29, 1.82) is 5.26 Å². The summed E-state index contributed by atoms with van der Waals surface area (Å²) in [7, 11) is 0. The van der Waals surface area contributed by atoms with Gasteiger partial charge in [0.15, 0.2) is 5.75 Å². The lowest BCUT2D eigenvalue weighted by Gasteiger charge is -2.21. The van der Waals surface area contributed by atoms with Gasteiger partial charge >= 0.3 is 6.03 Å². The molecule has 0 aliphatic rings. The molecule has 150 valence electrons. The molecule has 0 aliphatic heterocycles. The van der Waals surface area contributed by atoms with Crippen LogP contribution in [0.2, 0.25) is 15.1 Å². The number of nitrogens with two attached hydrogens (primary N) is 1. The number of carbonyl (C=O) groups excluding carboxylic acids is 2. The summed E-state index contributed by atoms with van der Waals surface area (Å²) >= 11 is 18.7. The first kappa shape index (κ1) is 21.5. The Morgan fingerprint density at radius 3 is 2.07 bits per heavy atom. The Balaban J connectivity index is 1.97. The quantitative estimate of drug-likeness (QED) is 0.513. The maximum absolute atomic E-state index is 12.9. The lowest BCUT2D eigenvalue weighted by atomic mass is 10.1. The number of carbonyl (C=O) groups is 2. The third-order valence-corrected chi connectivity index (χ3v) is 4.86. The Labute approximate surface area is 186 Å². The lowest BCUT2D eigenvalue weighted by Crippen LogP contribution is -2.41. The number of ether oxygens (including phenoxy) is 1. The van der Waals surface area contributed by atoms with Crippen LogP contribution in [0.15, 0.2) is 60.7 Å². The molecule has 3 rings (SSSR count). The predicted octanol–water partition coefficient (Wildman–Crippen LogP) is 6.04. The molecule has 0 saturated carbocycles. The number of primary amides is 1. The minimum absolute atomic E-state index is 0.0417. The summed E-state index contributed by atoms with van der Waals surface area (Å²) < 4.78 is 5.68. The van der Waals surface area contributed by atoms with Crippen LogP contribution in [0.1, 0.15) is 15.9 Å². The molecule has 0 unspecified atom stereocenters. The minimum Gasteiger partial charge on any atom is -0.454 e. The molecule has 0 radical (unpaired) electrons. The van der Waals surface area contributed by atoms with Crippen LogP contribution in [0.5, 0.6) is 11.5 Å². The molecule has 0 aromatic heterocycles. The molecule has 3 aromatic carbocycles. The second-order valence-electron chi connectivity index (χ2n) is 5.94. The molecule has 6 nitrogen and oxygen atoms in total. The van der Waals surface area contributed by atoms with Crippen LogP contribution < -0.4 is 15.4 Å². The molecule has 0 heterocycles. The number of rotatable bonds is 4. The van der Waals surface area contributed by atoms with Crippen molar-refractivity contribution in [3.8, 4) is 17.6 Å². The van der Waals surface area contributed by atoms with E-state index >= 15 is 0 Å². The number of imide groups is 1. The van der Waals surface area contributed by atoms with Gasteiger partial charge in [0, 0.05) is 0 Å². The zero-order valence-electron chi connectivity index (χ0n) is 15.1. The standard InChI is InChI=1S/C21H12Cl3N3O3/c22-16-4-2-1-3-15(16)20(28)27(21(26)29)13-9-17(23)19(18(24)10-13)30-14-7-5-12(11-25)6-8-14/h1-10H,(H2,26,29). The van der Waals surface area contributed by atoms with E-state index < -0.39 is 11.9 Å². The Morgan fingerprint density at radius 2 is 1.53 bits per heavy atom. The maximum Gasteiger partial charge on any atom is 0.326 e. The molecular weight excluding hydrogens is 449 g/mol. The van der Waals surface area contributed by atoms with Gasteiger partial charge in [-0.1, -0.05) is 46.9 Å². The van der Waals surface area contributed by atoms with E-state index in [1.54, 1.807) is 36.4 Å². The summed E-state index contributed by atoms with van der Waals surface area (Å²) in [6, 6.07) is 16.2. The highest BCUT2D eigenvalue weighted by Gasteiger charge is 2.26. The van der Waals surface area contributed by atoms with Crippen LogP contribution in [-0.2, 0) is 0 Å². The molecule has 0 spiro atoms. The van der Waals surface area contributed by atoms with E-state index in [1.165, 1.54) is 24.3 Å². The van der Waals surface area contributed by atoms with Crippen LogP contribution in [-0.4, -0.2) is 11.9 Å². The predicted molar refractivity (Wildman–Crippen MR) is 116 cm³/mol. The summed E-state index contributed by atoms with van der Waals surface area (Å²) in [5, 5.41) is 9.11. The highest BCUT2D eigenvalue weighted by atomic mass is 35.5. The van der Waals surface area contributed by atoms with Crippen molar-refractivity contribution in [2.75, 3.05) is 4.90 Å². The molecule has 2 N–H and O–H groups in total. The van der Waals surface area contributed by atoms with Gasteiger partial charge in [0.25, 0.3) is 5.91 Å². The van der Waals surface area contributed by atoms with E-state index in [9.17, 15) is 9.59 Å². The average Bonchev–Trinajstić information content (AvgIpc) is 2.71. The van der Waals surface area contributed by atoms with Crippen LogP contribution in [0.25, 0.3) is 0 Å². The second-order valence-corrected chi connectivity index (χ2v) is 7.16. The van der Waals surface area contributed by atoms with Gasteiger partial charge in [-0.05, 0) is 48.5 Å². The van der Waals surface area contributed by atoms with E-state index in [-0.39, 0.29) is 32.1 Å². The van der Waals surface area contributed by atoms with E-state index in [1.807, 2.05) is 6.07 Å². The van der Waals surface area contributed by atoms with Gasteiger partial charge in [0.2, 0.25) is 0 Å². The third-order valence-electron chi connectivity index (χ3n) is 3.97.